The van der Waals surface area contributed by atoms with Crippen LogP contribution in [-0.2, 0) is 0 Å². The van der Waals surface area contributed by atoms with Crippen molar-refractivity contribution in [1.29, 1.82) is 15.8 Å². The van der Waals surface area contributed by atoms with Crippen LogP contribution in [0.2, 0.25) is 0 Å². The van der Waals surface area contributed by atoms with Crippen LogP contribution in [0.4, 0.5) is 0 Å². The smallest absolute Gasteiger partial charge is 0.164 e. The minimum absolute atomic E-state index is 0.643. The third kappa shape index (κ3) is 11.9. The Bertz CT molecular complexity index is 10600. The fourth-order valence-electron chi connectivity index (χ4n) is 23.7. The molecule has 4 aromatic heterocycles. The van der Waals surface area contributed by atoms with Crippen LogP contribution in [-0.4, -0.2) is 28.7 Å². The van der Waals surface area contributed by atoms with Crippen LogP contribution in [0.25, 0.3) is 290 Å². The van der Waals surface area contributed by atoms with Crippen molar-refractivity contribution in [2.24, 2.45) is 0 Å². The highest BCUT2D eigenvalue weighted by atomic mass is 15.0. The Morgan fingerprint density at radius 1 is 0.163 bits per heavy atom. The largest absolute Gasteiger partial charge is 0.309 e. The van der Waals surface area contributed by atoms with Crippen LogP contribution in [0.1, 0.15) is 16.7 Å². The lowest BCUT2D eigenvalue weighted by Crippen LogP contribution is -2.00. The monoisotopic (exact) mass is 1780 g/mol. The van der Waals surface area contributed by atoms with Gasteiger partial charge in [0.15, 0.2) is 17.5 Å². The molecule has 0 radical (unpaired) electrons. The molecule has 0 fully saturated rings. The van der Waals surface area contributed by atoms with Crippen molar-refractivity contribution >= 4 is 195 Å². The average molecular weight is 1790 g/mol. The number of nitriles is 3. The number of hydrogen-bond donors (Lipinski definition) is 0. The van der Waals surface area contributed by atoms with Gasteiger partial charge >= 0.3 is 0 Å². The molecule has 4 heterocycles. The Morgan fingerprint density at radius 3 is 0.823 bits per heavy atom. The number of hydrogen-bond acceptors (Lipinski definition) is 6. The van der Waals surface area contributed by atoms with Gasteiger partial charge in [-0.3, -0.25) is 0 Å². The van der Waals surface area contributed by atoms with E-state index in [1.807, 2.05) is 91.0 Å². The molecule has 27 aromatic carbocycles. The highest BCUT2D eigenvalue weighted by Gasteiger charge is 2.28. The molecule has 0 bridgehead atoms. The first kappa shape index (κ1) is 78.9. The molecular formula is C132H73N9. The summed E-state index contributed by atoms with van der Waals surface area (Å²) in [4.78, 5) is 15.2. The fraction of sp³-hybridized carbons (Fsp3) is 0. The lowest BCUT2D eigenvalue weighted by Gasteiger charge is -2.17. The maximum Gasteiger partial charge on any atom is 0.164 e. The zero-order valence-corrected chi connectivity index (χ0v) is 75.7. The molecule has 9 nitrogen and oxygen atoms in total. The van der Waals surface area contributed by atoms with Crippen molar-refractivity contribution in [2.45, 2.75) is 0 Å². The molecule has 0 N–H and O–H groups in total. The van der Waals surface area contributed by atoms with Gasteiger partial charge in [-0.2, -0.15) is 15.8 Å². The molecule has 0 spiro atoms. The Balaban J connectivity index is 0.000000103. The zero-order valence-electron chi connectivity index (χ0n) is 75.7. The summed E-state index contributed by atoms with van der Waals surface area (Å²) in [6.07, 6.45) is 0. The second-order valence-electron chi connectivity index (χ2n) is 37.2. The van der Waals surface area contributed by atoms with E-state index < -0.39 is 0 Å². The number of aromatic nitrogens is 6. The summed E-state index contributed by atoms with van der Waals surface area (Å²) in [6, 6.07) is 165. The topological polar surface area (TPSA) is 125 Å². The maximum atomic E-state index is 9.99. The first-order valence-electron chi connectivity index (χ1n) is 47.7. The molecule has 0 aliphatic heterocycles. The average Bonchev–Trinajstić information content (AvgIpc) is 1.69. The molecule has 31 rings (SSSR count). The van der Waals surface area contributed by atoms with Gasteiger partial charge in [0.05, 0.1) is 68.0 Å². The highest BCUT2D eigenvalue weighted by Crippen LogP contribution is 2.52. The highest BCUT2D eigenvalue weighted by molar-refractivity contribution is 6.34. The molecule has 31 aromatic rings. The Morgan fingerprint density at radius 2 is 0.440 bits per heavy atom. The summed E-state index contributed by atoms with van der Waals surface area (Å²) in [5.41, 5.74) is 24.6. The van der Waals surface area contributed by atoms with Crippen molar-refractivity contribution < 1.29 is 0 Å². The molecule has 0 amide bonds. The minimum Gasteiger partial charge on any atom is -0.309 e. The van der Waals surface area contributed by atoms with Crippen LogP contribution in [0, 0.1) is 34.0 Å². The van der Waals surface area contributed by atoms with E-state index in [2.05, 4.69) is 384 Å². The molecule has 646 valence electrons. The van der Waals surface area contributed by atoms with Gasteiger partial charge in [-0.05, 0) is 278 Å². The standard InChI is InChI=1S/C52H29N5.C43H24N2.C37H20N2/c53-30-31-26-36-16-17-37-28-38(29-45-49(37)48(36)44(27-31)57(45)39-14-8-3-9-15-39)40-22-18-32-20-24-42-43(25-21-33-19-23-41(40)46(32)47(33)42)52-55-50(34-10-4-1-5-11-34)54-51(56-52)35-12-6-2-7-13-35;44-25-30-16-22-38-43-35(30)19-15-29-23-31(24-39(42(29)43)45(38)32-9-5-2-6-10-32)34-18-12-28-13-20-36-33(26-7-3-1-4-8-26)17-11-27-14-21-37(34)41(28)40(27)36;38-21-26-14-18-32-37-30(26)16-13-25-19-27(20-33(36(25)37)39(32)28-7-2-1-3-8-28)29-15-11-24-10-9-22-5-4-6-23-12-17-31(29)35(24)34(22)23/h1-29H;1-24H;1-20H. The number of nitrogens with zero attached hydrogens (tertiary/aromatic N) is 9. The quantitative estimate of drug-likeness (QED) is 0.126. The second-order valence-corrected chi connectivity index (χ2v) is 37.2. The fourth-order valence-corrected chi connectivity index (χ4v) is 23.7. The van der Waals surface area contributed by atoms with Gasteiger partial charge in [0.25, 0.3) is 0 Å². The van der Waals surface area contributed by atoms with E-state index in [4.69, 9.17) is 15.0 Å². The summed E-state index contributed by atoms with van der Waals surface area (Å²) in [5.74, 6) is 1.93. The number of rotatable bonds is 10. The zero-order chi connectivity index (χ0) is 92.9. The van der Waals surface area contributed by atoms with Crippen molar-refractivity contribution in [3.05, 3.63) is 460 Å². The number of para-hydroxylation sites is 3. The molecule has 0 aliphatic rings. The lowest BCUT2D eigenvalue weighted by atomic mass is 9.87. The second kappa shape index (κ2) is 30.8. The minimum atomic E-state index is 0.643. The number of benzene rings is 27. The lowest BCUT2D eigenvalue weighted by molar-refractivity contribution is 1.08. The van der Waals surface area contributed by atoms with Gasteiger partial charge in [0.2, 0.25) is 0 Å². The van der Waals surface area contributed by atoms with Crippen LogP contribution >= 0.6 is 0 Å². The van der Waals surface area contributed by atoms with Crippen LogP contribution in [0.15, 0.2) is 443 Å². The molecule has 141 heavy (non-hydrogen) atoms. The molecule has 9 heteroatoms. The van der Waals surface area contributed by atoms with Gasteiger partial charge in [-0.15, -0.1) is 0 Å². The third-order valence-corrected chi connectivity index (χ3v) is 29.8. The summed E-state index contributed by atoms with van der Waals surface area (Å²) in [6.45, 7) is 0. The molecule has 0 saturated carbocycles. The third-order valence-electron chi connectivity index (χ3n) is 29.8. The Kier molecular flexibility index (Phi) is 17.2. The van der Waals surface area contributed by atoms with Gasteiger partial charge in [0, 0.05) is 76.8 Å². The van der Waals surface area contributed by atoms with Crippen molar-refractivity contribution in [3.63, 3.8) is 0 Å². The van der Waals surface area contributed by atoms with Crippen molar-refractivity contribution in [3.8, 4) is 114 Å². The normalized spacial score (nSPS) is 12.0. The molecule has 0 unspecified atom stereocenters. The van der Waals surface area contributed by atoms with E-state index in [1.54, 1.807) is 0 Å². The van der Waals surface area contributed by atoms with E-state index >= 15 is 0 Å². The summed E-state index contributed by atoms with van der Waals surface area (Å²) < 4.78 is 7.03. The van der Waals surface area contributed by atoms with Crippen molar-refractivity contribution in [2.75, 3.05) is 0 Å². The van der Waals surface area contributed by atoms with Gasteiger partial charge in [-0.25, -0.2) is 15.0 Å². The van der Waals surface area contributed by atoms with Gasteiger partial charge in [-0.1, -0.05) is 328 Å². The summed E-state index contributed by atoms with van der Waals surface area (Å²) in [5, 5.41) is 66.1. The predicted octanol–water partition coefficient (Wildman–Crippen LogP) is 34.3. The molecular weight excluding hydrogens is 1710 g/mol. The Labute approximate surface area is 806 Å². The summed E-state index contributed by atoms with van der Waals surface area (Å²) >= 11 is 0. The molecule has 0 atom stereocenters. The first-order valence-corrected chi connectivity index (χ1v) is 47.7. The van der Waals surface area contributed by atoms with Gasteiger partial charge < -0.3 is 13.7 Å². The van der Waals surface area contributed by atoms with E-state index in [0.29, 0.717) is 34.2 Å². The van der Waals surface area contributed by atoms with Gasteiger partial charge in [0.1, 0.15) is 0 Å². The van der Waals surface area contributed by atoms with E-state index in [-0.39, 0.29) is 0 Å². The SMILES string of the molecule is N#Cc1cc2ccc3cc(-c4ccc5ccc6c(-c7nc(-c8ccccc8)nc(-c8ccccc8)n7)ccc7ccc4c5c76)cc4c3c2c(c1)n4-c1ccccc1.N#Cc1ccc2c3c1ccc1cc(-c4ccc5ccc6c(-c7ccccc7)ccc7ccc4c5c76)cc(c13)n2-c1ccccc1.N#Cc1ccc2c3c1ccc1cc(-c4ccc5ccc6cccc7ccc4c5c67)cc(c13)n2-c1ccccc1. The van der Waals surface area contributed by atoms with Crippen molar-refractivity contribution in [1.82, 2.24) is 28.7 Å². The first-order chi connectivity index (χ1) is 69.8. The Hall–Kier alpha value is -19.5. The van der Waals surface area contributed by atoms with E-state index in [0.717, 1.165) is 105 Å². The predicted molar refractivity (Wildman–Crippen MR) is 585 cm³/mol. The molecule has 0 saturated heterocycles. The van der Waals surface area contributed by atoms with Crippen LogP contribution in [0.3, 0.4) is 0 Å². The van der Waals surface area contributed by atoms with Crippen LogP contribution in [0.5, 0.6) is 0 Å². The van der Waals surface area contributed by atoms with Crippen LogP contribution < -0.4 is 0 Å². The molecule has 0 aliphatic carbocycles. The van der Waals surface area contributed by atoms with E-state index in [1.165, 1.54) is 168 Å². The van der Waals surface area contributed by atoms with E-state index in [9.17, 15) is 15.8 Å². The maximum absolute atomic E-state index is 9.99. The summed E-state index contributed by atoms with van der Waals surface area (Å²) in [7, 11) is 0.